The molecule has 1 unspecified atom stereocenters. The Bertz CT molecular complexity index is 159. The molecule has 1 saturated heterocycles. The summed E-state index contributed by atoms with van der Waals surface area (Å²) in [5.41, 5.74) is 5.38. The van der Waals surface area contributed by atoms with Gasteiger partial charge in [-0.2, -0.15) is 0 Å². The zero-order valence-electron chi connectivity index (χ0n) is 7.88. The number of hydrogen-bond acceptors (Lipinski definition) is 3. The summed E-state index contributed by atoms with van der Waals surface area (Å²) in [6.45, 7) is 3.36. The van der Waals surface area contributed by atoms with Crippen molar-refractivity contribution in [3.05, 3.63) is 0 Å². The number of nitrogens with two attached hydrogens (primary N) is 1. The van der Waals surface area contributed by atoms with Crippen LogP contribution in [0.15, 0.2) is 0 Å². The van der Waals surface area contributed by atoms with E-state index in [0.717, 1.165) is 19.4 Å². The molecule has 1 aliphatic heterocycles. The van der Waals surface area contributed by atoms with Gasteiger partial charge >= 0.3 is 0 Å². The van der Waals surface area contributed by atoms with E-state index in [9.17, 15) is 4.79 Å². The highest BCUT2D eigenvalue weighted by molar-refractivity contribution is 5.85. The summed E-state index contributed by atoms with van der Waals surface area (Å²) in [7, 11) is 0. The quantitative estimate of drug-likeness (QED) is 0.592. The lowest BCUT2D eigenvalue weighted by Crippen LogP contribution is -2.46. The second-order valence-electron chi connectivity index (χ2n) is 3.29. The minimum atomic E-state index is 0. The first kappa shape index (κ1) is 12.7. The van der Waals surface area contributed by atoms with E-state index in [1.54, 1.807) is 0 Å². The van der Waals surface area contributed by atoms with Gasteiger partial charge in [0.1, 0.15) is 0 Å². The number of halogens is 1. The first-order valence-electron chi connectivity index (χ1n) is 4.48. The predicted molar refractivity (Wildman–Crippen MR) is 54.9 cm³/mol. The molecule has 5 heteroatoms. The molecule has 0 aromatic heterocycles. The largest absolute Gasteiger partial charge is 0.351 e. The molecule has 78 valence electrons. The van der Waals surface area contributed by atoms with Crippen LogP contribution in [0.5, 0.6) is 0 Å². The fraction of sp³-hybridized carbons (Fsp3) is 0.875. The highest BCUT2D eigenvalue weighted by Crippen LogP contribution is 2.04. The van der Waals surface area contributed by atoms with Gasteiger partial charge in [0.2, 0.25) is 5.91 Å². The number of nitrogens with one attached hydrogen (secondary N) is 2. The second-order valence-corrected chi connectivity index (χ2v) is 3.29. The van der Waals surface area contributed by atoms with Crippen molar-refractivity contribution in [2.75, 3.05) is 13.1 Å². The van der Waals surface area contributed by atoms with Gasteiger partial charge in [0.15, 0.2) is 0 Å². The van der Waals surface area contributed by atoms with E-state index in [1.807, 2.05) is 6.92 Å². The van der Waals surface area contributed by atoms with Crippen LogP contribution in [-0.4, -0.2) is 31.1 Å². The number of amides is 1. The minimum Gasteiger partial charge on any atom is -0.351 e. The van der Waals surface area contributed by atoms with Crippen molar-refractivity contribution in [1.82, 2.24) is 10.6 Å². The van der Waals surface area contributed by atoms with Crippen LogP contribution in [0.2, 0.25) is 0 Å². The van der Waals surface area contributed by atoms with Gasteiger partial charge in [-0.15, -0.1) is 12.4 Å². The van der Waals surface area contributed by atoms with Gasteiger partial charge in [-0.3, -0.25) is 4.79 Å². The van der Waals surface area contributed by atoms with E-state index in [-0.39, 0.29) is 30.4 Å². The van der Waals surface area contributed by atoms with Crippen LogP contribution < -0.4 is 16.4 Å². The Balaban J connectivity index is 0.00000144. The molecule has 0 aromatic carbocycles. The Hall–Kier alpha value is -0.320. The number of carbonyl (C=O) groups is 1. The summed E-state index contributed by atoms with van der Waals surface area (Å²) in [5.74, 6) is 0.0884. The Kier molecular flexibility index (Phi) is 6.03. The van der Waals surface area contributed by atoms with E-state index in [0.29, 0.717) is 6.54 Å². The van der Waals surface area contributed by atoms with E-state index in [4.69, 9.17) is 5.73 Å². The maximum Gasteiger partial charge on any atom is 0.237 e. The van der Waals surface area contributed by atoms with Gasteiger partial charge in [-0.25, -0.2) is 0 Å². The molecule has 0 radical (unpaired) electrons. The molecule has 1 aliphatic rings. The molecule has 4 nitrogen and oxygen atoms in total. The molecule has 0 bridgehead atoms. The molecule has 1 amide bonds. The van der Waals surface area contributed by atoms with E-state index >= 15 is 0 Å². The average Bonchev–Trinajstić information content (AvgIpc) is 2.56. The standard InChI is InChI=1S/C8H17N3O.ClH/c1-6(5-9)11-8(12)7-3-2-4-10-7;/h6-7,10H,2-5,9H2,1H3,(H,11,12);1H/t6-,7?;/m0./s1. The summed E-state index contributed by atoms with van der Waals surface area (Å²) < 4.78 is 0. The molecular weight excluding hydrogens is 190 g/mol. The lowest BCUT2D eigenvalue weighted by atomic mass is 10.2. The monoisotopic (exact) mass is 207 g/mol. The summed E-state index contributed by atoms with van der Waals surface area (Å²) >= 11 is 0. The Morgan fingerprint density at radius 3 is 2.92 bits per heavy atom. The van der Waals surface area contributed by atoms with Gasteiger partial charge in [0.05, 0.1) is 6.04 Å². The van der Waals surface area contributed by atoms with E-state index in [1.165, 1.54) is 0 Å². The Morgan fingerprint density at radius 1 is 1.77 bits per heavy atom. The molecule has 1 heterocycles. The van der Waals surface area contributed by atoms with Crippen molar-refractivity contribution in [2.24, 2.45) is 5.73 Å². The van der Waals surface area contributed by atoms with Crippen LogP contribution in [0.1, 0.15) is 19.8 Å². The Morgan fingerprint density at radius 2 is 2.46 bits per heavy atom. The van der Waals surface area contributed by atoms with Crippen molar-refractivity contribution in [3.63, 3.8) is 0 Å². The first-order valence-corrected chi connectivity index (χ1v) is 4.48. The van der Waals surface area contributed by atoms with Crippen molar-refractivity contribution < 1.29 is 4.79 Å². The van der Waals surface area contributed by atoms with Crippen LogP contribution in [0, 0.1) is 0 Å². The third-order valence-electron chi connectivity index (χ3n) is 2.12. The lowest BCUT2D eigenvalue weighted by molar-refractivity contribution is -0.123. The summed E-state index contributed by atoms with van der Waals surface area (Å²) in [6, 6.07) is 0.0962. The zero-order valence-corrected chi connectivity index (χ0v) is 8.69. The highest BCUT2D eigenvalue weighted by atomic mass is 35.5. The van der Waals surface area contributed by atoms with Gasteiger partial charge in [0.25, 0.3) is 0 Å². The maximum absolute atomic E-state index is 11.4. The summed E-state index contributed by atoms with van der Waals surface area (Å²) in [5, 5.41) is 5.98. The van der Waals surface area contributed by atoms with Crippen molar-refractivity contribution in [3.8, 4) is 0 Å². The summed E-state index contributed by atoms with van der Waals surface area (Å²) in [6.07, 6.45) is 2.04. The molecular formula is C8H18ClN3O. The lowest BCUT2D eigenvalue weighted by Gasteiger charge is -2.15. The van der Waals surface area contributed by atoms with Crippen LogP contribution in [0.3, 0.4) is 0 Å². The molecule has 0 aliphatic carbocycles. The van der Waals surface area contributed by atoms with Crippen LogP contribution in [0.4, 0.5) is 0 Å². The maximum atomic E-state index is 11.4. The van der Waals surface area contributed by atoms with Crippen molar-refractivity contribution in [1.29, 1.82) is 0 Å². The first-order chi connectivity index (χ1) is 5.74. The van der Waals surface area contributed by atoms with Gasteiger partial charge < -0.3 is 16.4 Å². The number of rotatable bonds is 3. The van der Waals surface area contributed by atoms with E-state index in [2.05, 4.69) is 10.6 Å². The molecule has 1 rings (SSSR count). The summed E-state index contributed by atoms with van der Waals surface area (Å²) in [4.78, 5) is 11.4. The highest BCUT2D eigenvalue weighted by Gasteiger charge is 2.22. The topological polar surface area (TPSA) is 67.1 Å². The third kappa shape index (κ3) is 3.93. The van der Waals surface area contributed by atoms with Gasteiger partial charge in [0, 0.05) is 12.6 Å². The average molecular weight is 208 g/mol. The van der Waals surface area contributed by atoms with Crippen LogP contribution >= 0.6 is 12.4 Å². The minimum absolute atomic E-state index is 0. The van der Waals surface area contributed by atoms with Crippen LogP contribution in [0.25, 0.3) is 0 Å². The zero-order chi connectivity index (χ0) is 8.97. The molecule has 0 spiro atoms. The predicted octanol–water partition coefficient (Wildman–Crippen LogP) is -0.376. The second kappa shape index (κ2) is 6.18. The van der Waals surface area contributed by atoms with Crippen LogP contribution in [-0.2, 0) is 4.79 Å². The molecule has 1 fully saturated rings. The smallest absolute Gasteiger partial charge is 0.237 e. The molecule has 2 atom stereocenters. The van der Waals surface area contributed by atoms with Gasteiger partial charge in [-0.05, 0) is 26.3 Å². The molecule has 0 saturated carbocycles. The van der Waals surface area contributed by atoms with Gasteiger partial charge in [-0.1, -0.05) is 0 Å². The molecule has 4 N–H and O–H groups in total. The fourth-order valence-corrected chi connectivity index (χ4v) is 1.31. The Labute approximate surface area is 85.0 Å². The van der Waals surface area contributed by atoms with Crippen molar-refractivity contribution in [2.45, 2.75) is 31.8 Å². The SMILES string of the molecule is C[C@@H](CN)NC(=O)C1CCCN1.Cl. The normalized spacial score (nSPS) is 23.4. The van der Waals surface area contributed by atoms with E-state index < -0.39 is 0 Å². The third-order valence-corrected chi connectivity index (χ3v) is 2.12. The molecule has 13 heavy (non-hydrogen) atoms. The number of carbonyl (C=O) groups excluding carboxylic acids is 1. The number of hydrogen-bond donors (Lipinski definition) is 3. The van der Waals surface area contributed by atoms with Crippen molar-refractivity contribution >= 4 is 18.3 Å². The fourth-order valence-electron chi connectivity index (χ4n) is 1.31. The molecule has 0 aromatic rings.